The largest absolute Gasteiger partial charge is 0.336 e. The summed E-state index contributed by atoms with van der Waals surface area (Å²) < 4.78 is 0. The summed E-state index contributed by atoms with van der Waals surface area (Å²) in [7, 11) is 0. The number of H-pyrrole nitrogens is 3. The first-order valence-corrected chi connectivity index (χ1v) is 10.4. The highest BCUT2D eigenvalue weighted by atomic mass is 32.1. The van der Waals surface area contributed by atoms with Crippen LogP contribution in [-0.4, -0.2) is 41.1 Å². The van der Waals surface area contributed by atoms with Crippen LogP contribution in [0.25, 0.3) is 55.3 Å². The molecule has 5 heterocycles. The van der Waals surface area contributed by atoms with E-state index in [2.05, 4.69) is 25.4 Å². The second kappa shape index (κ2) is 6.71. The molecule has 0 aliphatic heterocycles. The van der Waals surface area contributed by atoms with Gasteiger partial charge in [-0.3, -0.25) is 15.0 Å². The van der Waals surface area contributed by atoms with Gasteiger partial charge in [-0.15, -0.1) is 11.3 Å². The van der Waals surface area contributed by atoms with Crippen LogP contribution in [0.5, 0.6) is 0 Å². The van der Waals surface area contributed by atoms with Crippen molar-refractivity contribution in [1.82, 2.24) is 35.3 Å². The summed E-state index contributed by atoms with van der Waals surface area (Å²) in [5.74, 6) is 0.697. The minimum atomic E-state index is 0.0636. The average Bonchev–Trinajstić information content (AvgIpc) is 3.58. The molecule has 8 nitrogen and oxygen atoms in total. The first kappa shape index (κ1) is 17.7. The third-order valence-corrected chi connectivity index (χ3v) is 6.38. The summed E-state index contributed by atoms with van der Waals surface area (Å²) >= 11 is 1.47. The van der Waals surface area contributed by atoms with Crippen LogP contribution in [0.1, 0.15) is 16.6 Å². The van der Waals surface area contributed by atoms with Gasteiger partial charge in [0.1, 0.15) is 5.52 Å². The van der Waals surface area contributed by atoms with E-state index < -0.39 is 0 Å². The maximum atomic E-state index is 11.7. The summed E-state index contributed by atoms with van der Waals surface area (Å²) in [6.45, 7) is 1.58. The molecule has 0 fully saturated rings. The first-order chi connectivity index (χ1) is 15.2. The maximum absolute atomic E-state index is 11.7. The number of hydrogen-bond acceptors (Lipinski definition) is 6. The van der Waals surface area contributed by atoms with Crippen molar-refractivity contribution >= 4 is 39.2 Å². The number of fused-ring (bicyclic) bond motifs is 2. The number of hydrogen-bond donors (Lipinski definition) is 3. The van der Waals surface area contributed by atoms with E-state index >= 15 is 0 Å². The maximum Gasteiger partial charge on any atom is 0.169 e. The van der Waals surface area contributed by atoms with Crippen LogP contribution in [0.3, 0.4) is 0 Å². The van der Waals surface area contributed by atoms with Gasteiger partial charge in [0.15, 0.2) is 17.3 Å². The number of nitrogens with zero attached hydrogens (tertiary/aromatic N) is 4. The highest BCUT2D eigenvalue weighted by molar-refractivity contribution is 7.17. The number of thiophene rings is 1. The number of imidazole rings is 1. The van der Waals surface area contributed by atoms with Gasteiger partial charge in [-0.2, -0.15) is 10.2 Å². The Kier molecular flexibility index (Phi) is 3.84. The van der Waals surface area contributed by atoms with E-state index in [-0.39, 0.29) is 5.78 Å². The molecular weight excluding hydrogens is 410 g/mol. The lowest BCUT2D eigenvalue weighted by Crippen LogP contribution is -1.86. The lowest BCUT2D eigenvalue weighted by atomic mass is 10.1. The number of rotatable bonds is 4. The van der Waals surface area contributed by atoms with Gasteiger partial charge in [0.05, 0.1) is 33.3 Å². The third kappa shape index (κ3) is 2.86. The molecule has 0 atom stereocenters. The molecule has 6 aromatic rings. The highest BCUT2D eigenvalue weighted by Crippen LogP contribution is 2.35. The molecule has 9 heteroatoms. The first-order valence-electron chi connectivity index (χ1n) is 9.62. The summed E-state index contributed by atoms with van der Waals surface area (Å²) in [6.07, 6.45) is 3.54. The number of pyridine rings is 1. The average molecular weight is 425 g/mol. The van der Waals surface area contributed by atoms with Crippen LogP contribution in [0.2, 0.25) is 0 Å². The molecule has 1 aromatic carbocycles. The molecule has 31 heavy (non-hydrogen) atoms. The normalized spacial score (nSPS) is 11.5. The number of carbonyl (C=O) groups is 1. The van der Waals surface area contributed by atoms with Crippen LogP contribution < -0.4 is 0 Å². The van der Waals surface area contributed by atoms with Crippen LogP contribution in [-0.2, 0) is 0 Å². The third-order valence-electron chi connectivity index (χ3n) is 5.16. The number of Topliss-reactive ketones (excluding diaryl/α,β-unsaturated/α-hetero) is 1. The van der Waals surface area contributed by atoms with Crippen molar-refractivity contribution in [2.45, 2.75) is 6.92 Å². The van der Waals surface area contributed by atoms with E-state index in [0.717, 1.165) is 48.6 Å². The van der Waals surface area contributed by atoms with E-state index in [1.165, 1.54) is 11.3 Å². The smallest absolute Gasteiger partial charge is 0.169 e. The summed E-state index contributed by atoms with van der Waals surface area (Å²) in [4.78, 5) is 26.5. The minimum absolute atomic E-state index is 0.0636. The molecule has 6 rings (SSSR count). The molecular formula is C22H15N7OS. The van der Waals surface area contributed by atoms with E-state index in [4.69, 9.17) is 9.97 Å². The van der Waals surface area contributed by atoms with Crippen LogP contribution in [0.4, 0.5) is 0 Å². The van der Waals surface area contributed by atoms with Gasteiger partial charge < -0.3 is 4.98 Å². The van der Waals surface area contributed by atoms with E-state index in [1.54, 1.807) is 19.3 Å². The molecule has 0 saturated carbocycles. The molecule has 0 saturated heterocycles. The number of aromatic nitrogens is 7. The van der Waals surface area contributed by atoms with Crippen molar-refractivity contribution in [3.05, 3.63) is 59.7 Å². The second-order valence-corrected chi connectivity index (χ2v) is 8.24. The monoisotopic (exact) mass is 425 g/mol. The number of carbonyl (C=O) groups excluding carboxylic acids is 1. The fourth-order valence-corrected chi connectivity index (χ4v) is 4.56. The Hall–Kier alpha value is -4.11. The minimum Gasteiger partial charge on any atom is -0.336 e. The predicted molar refractivity (Wildman–Crippen MR) is 120 cm³/mol. The SMILES string of the molecule is CC(=O)c1ccc(-c2cccc3[nH]c(-c4n[nH]c5ccc(-c6cn[nH]c6)nc45)nc23)s1. The Morgan fingerprint density at radius 2 is 1.94 bits per heavy atom. The van der Waals surface area contributed by atoms with Gasteiger partial charge in [-0.1, -0.05) is 12.1 Å². The molecule has 0 bridgehead atoms. The van der Waals surface area contributed by atoms with Gasteiger partial charge in [-0.25, -0.2) is 9.97 Å². The van der Waals surface area contributed by atoms with Crippen molar-refractivity contribution in [3.8, 4) is 33.2 Å². The molecule has 0 unspecified atom stereocenters. The van der Waals surface area contributed by atoms with Gasteiger partial charge in [0.2, 0.25) is 0 Å². The predicted octanol–water partition coefficient (Wildman–Crippen LogP) is 4.82. The van der Waals surface area contributed by atoms with Gasteiger partial charge >= 0.3 is 0 Å². The van der Waals surface area contributed by atoms with Crippen molar-refractivity contribution in [2.24, 2.45) is 0 Å². The Labute approximate surface area is 179 Å². The lowest BCUT2D eigenvalue weighted by molar-refractivity contribution is 0.102. The molecule has 0 aliphatic carbocycles. The van der Waals surface area contributed by atoms with Crippen molar-refractivity contribution in [2.75, 3.05) is 0 Å². The van der Waals surface area contributed by atoms with Crippen molar-refractivity contribution in [3.63, 3.8) is 0 Å². The number of aromatic amines is 3. The van der Waals surface area contributed by atoms with Crippen molar-refractivity contribution in [1.29, 1.82) is 0 Å². The Bertz CT molecular complexity index is 1570. The quantitative estimate of drug-likeness (QED) is 0.350. The van der Waals surface area contributed by atoms with Crippen LogP contribution >= 0.6 is 11.3 Å². The zero-order valence-electron chi connectivity index (χ0n) is 16.3. The number of benzene rings is 1. The lowest BCUT2D eigenvalue weighted by Gasteiger charge is -1.98. The highest BCUT2D eigenvalue weighted by Gasteiger charge is 2.17. The second-order valence-electron chi connectivity index (χ2n) is 7.16. The Morgan fingerprint density at radius 1 is 1.00 bits per heavy atom. The van der Waals surface area contributed by atoms with E-state index in [1.807, 2.05) is 42.5 Å². The summed E-state index contributed by atoms with van der Waals surface area (Å²) in [5.41, 5.74) is 6.61. The number of para-hydroxylation sites is 1. The summed E-state index contributed by atoms with van der Waals surface area (Å²) in [6, 6.07) is 13.7. The zero-order chi connectivity index (χ0) is 20.9. The van der Waals surface area contributed by atoms with Crippen molar-refractivity contribution < 1.29 is 4.79 Å². The molecule has 150 valence electrons. The van der Waals surface area contributed by atoms with Crippen LogP contribution in [0.15, 0.2) is 54.9 Å². The molecule has 0 spiro atoms. The fraction of sp³-hybridized carbons (Fsp3) is 0.0455. The van der Waals surface area contributed by atoms with Gasteiger partial charge in [0, 0.05) is 22.2 Å². The zero-order valence-corrected chi connectivity index (χ0v) is 17.1. The Morgan fingerprint density at radius 3 is 2.74 bits per heavy atom. The standard InChI is InChI=1S/C22H15N7OS/c1-11(30)17-7-8-18(31-17)13-3-2-4-15-19(13)27-22(26-15)21-20-16(28-29-21)6-5-14(25-20)12-9-23-24-10-12/h2-10H,1H3,(H,23,24)(H,26,27)(H,28,29). The Balaban J connectivity index is 1.50. The number of ketones is 1. The molecule has 0 radical (unpaired) electrons. The van der Waals surface area contributed by atoms with E-state index in [0.29, 0.717) is 11.5 Å². The van der Waals surface area contributed by atoms with Crippen LogP contribution in [0, 0.1) is 0 Å². The number of nitrogens with one attached hydrogen (secondary N) is 3. The molecule has 5 aromatic heterocycles. The topological polar surface area (TPSA) is 116 Å². The van der Waals surface area contributed by atoms with Gasteiger partial charge in [-0.05, 0) is 37.3 Å². The molecule has 0 amide bonds. The summed E-state index contributed by atoms with van der Waals surface area (Å²) in [5, 5.41) is 14.3. The molecule has 3 N–H and O–H groups in total. The molecule has 0 aliphatic rings. The fourth-order valence-electron chi connectivity index (χ4n) is 3.63. The van der Waals surface area contributed by atoms with Gasteiger partial charge in [0.25, 0.3) is 0 Å². The van der Waals surface area contributed by atoms with E-state index in [9.17, 15) is 4.79 Å².